The van der Waals surface area contributed by atoms with Crippen molar-refractivity contribution in [3.8, 4) is 6.07 Å². The molecule has 2 aromatic rings. The highest BCUT2D eigenvalue weighted by Gasteiger charge is 2.38. The van der Waals surface area contributed by atoms with Gasteiger partial charge in [-0.3, -0.25) is 4.98 Å². The Bertz CT molecular complexity index is 617. The highest BCUT2D eigenvalue weighted by Crippen LogP contribution is 2.32. The number of rotatable bonds is 5. The summed E-state index contributed by atoms with van der Waals surface area (Å²) < 4.78 is 6.31. The predicted molar refractivity (Wildman–Crippen MR) is 86.1 cm³/mol. The average Bonchev–Trinajstić information content (AvgIpc) is 2.47. The maximum Gasteiger partial charge on any atom is 0.186 e. The van der Waals surface area contributed by atoms with Gasteiger partial charge >= 0.3 is 0 Å². The van der Waals surface area contributed by atoms with Crippen molar-refractivity contribution in [3.63, 3.8) is 0 Å². The van der Waals surface area contributed by atoms with Crippen molar-refractivity contribution in [2.75, 3.05) is 0 Å². The van der Waals surface area contributed by atoms with E-state index in [0.717, 1.165) is 11.1 Å². The van der Waals surface area contributed by atoms with Gasteiger partial charge in [-0.15, -0.1) is 0 Å². The molecule has 0 amide bonds. The third kappa shape index (κ3) is 4.00. The van der Waals surface area contributed by atoms with Gasteiger partial charge in [0.25, 0.3) is 0 Å². The van der Waals surface area contributed by atoms with Gasteiger partial charge in [0.1, 0.15) is 6.07 Å². The molecule has 0 radical (unpaired) electrons. The van der Waals surface area contributed by atoms with Gasteiger partial charge in [-0.2, -0.15) is 5.26 Å². The largest absolute Gasteiger partial charge is 0.396 e. The Morgan fingerprint density at radius 1 is 1.10 bits per heavy atom. The Balaban J connectivity index is 2.45. The second-order valence-electron chi connectivity index (χ2n) is 6.05. The zero-order chi connectivity index (χ0) is 15.3. The Morgan fingerprint density at radius 3 is 2.24 bits per heavy atom. The minimum atomic E-state index is -1.89. The molecule has 4 heteroatoms. The zero-order valence-corrected chi connectivity index (χ0v) is 13.7. The van der Waals surface area contributed by atoms with Crippen molar-refractivity contribution in [3.05, 3.63) is 66.0 Å². The van der Waals surface area contributed by atoms with Crippen molar-refractivity contribution in [1.29, 1.82) is 5.26 Å². The van der Waals surface area contributed by atoms with Crippen LogP contribution >= 0.6 is 0 Å². The Hall–Kier alpha value is -1.96. The van der Waals surface area contributed by atoms with Gasteiger partial charge in [0.2, 0.25) is 0 Å². The fourth-order valence-electron chi connectivity index (χ4n) is 2.35. The molecule has 2 rings (SSSR count). The molecular weight excluding hydrogens is 276 g/mol. The Morgan fingerprint density at radius 2 is 1.71 bits per heavy atom. The molecule has 0 aliphatic carbocycles. The van der Waals surface area contributed by atoms with Crippen molar-refractivity contribution < 1.29 is 4.43 Å². The van der Waals surface area contributed by atoms with E-state index in [-0.39, 0.29) is 0 Å². The molecule has 1 aromatic heterocycles. The minimum absolute atomic E-state index is 0.540. The number of hydrogen-bond acceptors (Lipinski definition) is 3. The summed E-state index contributed by atoms with van der Waals surface area (Å²) in [5.41, 5.74) is 1.01. The molecule has 1 aromatic carbocycles. The van der Waals surface area contributed by atoms with Crippen LogP contribution in [0.3, 0.4) is 0 Å². The first kappa shape index (κ1) is 15.4. The lowest BCUT2D eigenvalue weighted by Crippen LogP contribution is -2.41. The topological polar surface area (TPSA) is 45.9 Å². The van der Waals surface area contributed by atoms with Crippen molar-refractivity contribution >= 4 is 8.32 Å². The van der Waals surface area contributed by atoms with E-state index >= 15 is 0 Å². The molecule has 0 fully saturated rings. The van der Waals surface area contributed by atoms with E-state index in [1.54, 1.807) is 12.4 Å². The van der Waals surface area contributed by atoms with E-state index in [1.165, 1.54) is 0 Å². The van der Waals surface area contributed by atoms with Crippen LogP contribution in [0.5, 0.6) is 0 Å². The van der Waals surface area contributed by atoms with Crippen LogP contribution in [0.25, 0.3) is 0 Å². The molecule has 1 atom stereocenters. The van der Waals surface area contributed by atoms with Crippen molar-refractivity contribution in [2.45, 2.75) is 31.7 Å². The normalized spacial score (nSPS) is 14.2. The van der Waals surface area contributed by atoms with Crippen LogP contribution in [0.4, 0.5) is 0 Å². The monoisotopic (exact) mass is 296 g/mol. The predicted octanol–water partition coefficient (Wildman–Crippen LogP) is 3.89. The second kappa shape index (κ2) is 6.21. The first-order valence-electron chi connectivity index (χ1n) is 7.01. The van der Waals surface area contributed by atoms with E-state index < -0.39 is 13.9 Å². The summed E-state index contributed by atoms with van der Waals surface area (Å²) >= 11 is 0. The van der Waals surface area contributed by atoms with Crippen LogP contribution in [-0.2, 0) is 16.4 Å². The molecule has 0 N–H and O–H groups in total. The van der Waals surface area contributed by atoms with E-state index in [9.17, 15) is 5.26 Å². The summed E-state index contributed by atoms with van der Waals surface area (Å²) in [4.78, 5) is 4.04. The molecule has 0 bridgehead atoms. The molecule has 0 saturated heterocycles. The summed E-state index contributed by atoms with van der Waals surface area (Å²) in [6, 6.07) is 16.2. The standard InChI is InChI=1S/C17H20N2OSi/c1-21(2,3)20-17(14-18,16-9-11-19-12-10-16)13-15-7-5-4-6-8-15/h4-12H,13H2,1-3H3. The van der Waals surface area contributed by atoms with Crippen LogP contribution in [0.15, 0.2) is 54.9 Å². The van der Waals surface area contributed by atoms with Gasteiger partial charge in [-0.05, 0) is 37.3 Å². The van der Waals surface area contributed by atoms with Gasteiger partial charge in [0, 0.05) is 24.4 Å². The summed E-state index contributed by atoms with van der Waals surface area (Å²) in [5.74, 6) is 0. The number of benzene rings is 1. The van der Waals surface area contributed by atoms with Gasteiger partial charge in [0.15, 0.2) is 13.9 Å². The fourth-order valence-corrected chi connectivity index (χ4v) is 3.63. The minimum Gasteiger partial charge on any atom is -0.396 e. The number of aromatic nitrogens is 1. The fraction of sp³-hybridized carbons (Fsp3) is 0.294. The van der Waals surface area contributed by atoms with E-state index in [2.05, 4.69) is 30.7 Å². The molecule has 0 aliphatic rings. The number of nitriles is 1. The highest BCUT2D eigenvalue weighted by molar-refractivity contribution is 6.69. The van der Waals surface area contributed by atoms with E-state index in [4.69, 9.17) is 4.43 Å². The molecule has 21 heavy (non-hydrogen) atoms. The molecule has 1 heterocycles. The average molecular weight is 296 g/mol. The van der Waals surface area contributed by atoms with Crippen LogP contribution in [0, 0.1) is 11.3 Å². The lowest BCUT2D eigenvalue weighted by molar-refractivity contribution is 0.119. The first-order valence-corrected chi connectivity index (χ1v) is 10.4. The van der Waals surface area contributed by atoms with Gasteiger partial charge in [-0.1, -0.05) is 30.3 Å². The van der Waals surface area contributed by atoms with Gasteiger partial charge in [0.05, 0.1) is 0 Å². The third-order valence-corrected chi connectivity index (χ3v) is 4.06. The lowest BCUT2D eigenvalue weighted by Gasteiger charge is -2.34. The lowest BCUT2D eigenvalue weighted by atomic mass is 9.89. The van der Waals surface area contributed by atoms with Crippen molar-refractivity contribution in [1.82, 2.24) is 4.98 Å². The first-order chi connectivity index (χ1) is 9.95. The maximum absolute atomic E-state index is 9.88. The van der Waals surface area contributed by atoms with Gasteiger partial charge < -0.3 is 4.43 Å². The summed E-state index contributed by atoms with van der Waals surface area (Å²) in [5, 5.41) is 9.88. The van der Waals surface area contributed by atoms with Crippen LogP contribution in [0.1, 0.15) is 11.1 Å². The third-order valence-electron chi connectivity index (χ3n) is 3.10. The molecular formula is C17H20N2OSi. The maximum atomic E-state index is 9.88. The van der Waals surface area contributed by atoms with Crippen LogP contribution in [0.2, 0.25) is 19.6 Å². The van der Waals surface area contributed by atoms with Crippen LogP contribution in [-0.4, -0.2) is 13.3 Å². The van der Waals surface area contributed by atoms with E-state index in [0.29, 0.717) is 6.42 Å². The number of nitrogens with zero attached hydrogens (tertiary/aromatic N) is 2. The Kier molecular flexibility index (Phi) is 4.56. The highest BCUT2D eigenvalue weighted by atomic mass is 28.4. The summed E-state index contributed by atoms with van der Waals surface area (Å²) in [6.45, 7) is 6.31. The number of hydrogen-bond donors (Lipinski definition) is 0. The molecule has 0 saturated carbocycles. The quantitative estimate of drug-likeness (QED) is 0.786. The molecule has 1 unspecified atom stereocenters. The zero-order valence-electron chi connectivity index (χ0n) is 12.7. The van der Waals surface area contributed by atoms with E-state index in [1.807, 2.05) is 42.5 Å². The SMILES string of the molecule is C[Si](C)(C)OC(C#N)(Cc1ccccc1)c1ccncc1. The number of pyridine rings is 1. The smallest absolute Gasteiger partial charge is 0.186 e. The molecule has 0 spiro atoms. The van der Waals surface area contributed by atoms with Crippen LogP contribution < -0.4 is 0 Å². The molecule has 108 valence electrons. The molecule has 3 nitrogen and oxygen atoms in total. The summed E-state index contributed by atoms with van der Waals surface area (Å²) in [7, 11) is -1.89. The second-order valence-corrected chi connectivity index (χ2v) is 10.5. The summed E-state index contributed by atoms with van der Waals surface area (Å²) in [6.07, 6.45) is 3.96. The Labute approximate surface area is 127 Å². The molecule has 0 aliphatic heterocycles. The van der Waals surface area contributed by atoms with Gasteiger partial charge in [-0.25, -0.2) is 0 Å². The van der Waals surface area contributed by atoms with Crippen molar-refractivity contribution in [2.24, 2.45) is 0 Å².